The van der Waals surface area contributed by atoms with Crippen molar-refractivity contribution in [3.8, 4) is 5.75 Å². The number of anilines is 1. The smallest absolute Gasteiger partial charge is 0.313 e. The third kappa shape index (κ3) is 4.08. The highest BCUT2D eigenvalue weighted by molar-refractivity contribution is 6.39. The molecule has 0 saturated carbocycles. The molecule has 0 bridgehead atoms. The maximum absolute atomic E-state index is 12.4. The summed E-state index contributed by atoms with van der Waals surface area (Å²) in [6.07, 6.45) is 1.78. The van der Waals surface area contributed by atoms with Gasteiger partial charge in [-0.05, 0) is 49.7 Å². The first-order valence-corrected chi connectivity index (χ1v) is 8.67. The molecular weight excluding hydrogens is 344 g/mol. The number of carbonyl (C=O) groups is 2. The lowest BCUT2D eigenvalue weighted by molar-refractivity contribution is -0.142. The van der Waals surface area contributed by atoms with E-state index in [4.69, 9.17) is 0 Å². The van der Waals surface area contributed by atoms with Crippen LogP contribution < -0.4 is 5.32 Å². The van der Waals surface area contributed by atoms with Crippen LogP contribution in [0.5, 0.6) is 5.75 Å². The molecule has 27 heavy (non-hydrogen) atoms. The lowest BCUT2D eigenvalue weighted by atomic mass is 10.2. The highest BCUT2D eigenvalue weighted by Crippen LogP contribution is 2.22. The zero-order valence-corrected chi connectivity index (χ0v) is 15.5. The minimum absolute atomic E-state index is 0.154. The van der Waals surface area contributed by atoms with Crippen molar-refractivity contribution in [2.75, 3.05) is 12.4 Å². The van der Waals surface area contributed by atoms with Crippen LogP contribution in [0.3, 0.4) is 0 Å². The fourth-order valence-corrected chi connectivity index (χ4v) is 2.83. The van der Waals surface area contributed by atoms with Gasteiger partial charge in [-0.15, -0.1) is 0 Å². The molecule has 7 heteroatoms. The zero-order chi connectivity index (χ0) is 19.6. The Balaban J connectivity index is 1.70. The van der Waals surface area contributed by atoms with Gasteiger partial charge in [0.25, 0.3) is 0 Å². The van der Waals surface area contributed by atoms with E-state index in [1.807, 2.05) is 30.7 Å². The number of likely N-dealkylation sites (N-methyl/N-ethyl adjacent to an activating group) is 1. The number of hydrogen-bond acceptors (Lipinski definition) is 4. The zero-order valence-electron chi connectivity index (χ0n) is 15.5. The second kappa shape index (κ2) is 7.49. The molecule has 2 N–H and O–H groups in total. The maximum Gasteiger partial charge on any atom is 0.313 e. The molecule has 0 radical (unpaired) electrons. The van der Waals surface area contributed by atoms with Crippen LogP contribution in [0.4, 0.5) is 5.69 Å². The quantitative estimate of drug-likeness (QED) is 0.695. The predicted molar refractivity (Wildman–Crippen MR) is 103 cm³/mol. The molecule has 0 saturated heterocycles. The highest BCUT2D eigenvalue weighted by atomic mass is 16.3. The molecule has 1 heterocycles. The van der Waals surface area contributed by atoms with Gasteiger partial charge in [-0.3, -0.25) is 14.3 Å². The van der Waals surface area contributed by atoms with E-state index in [0.717, 1.165) is 16.5 Å². The van der Waals surface area contributed by atoms with Crippen molar-refractivity contribution in [1.82, 2.24) is 14.7 Å². The second-order valence-corrected chi connectivity index (χ2v) is 6.74. The minimum Gasteiger partial charge on any atom is -0.508 e. The number of phenols is 1. The standard InChI is InChI=1S/C20H22N4O3/c1-13(2)24-18-10-16(7-6-15(18)11-21-24)22-19(26)20(27)23(3)12-14-4-8-17(25)9-5-14/h4-11,13,25H,12H2,1-3H3,(H,22,26). The number of aromatic hydroxyl groups is 1. The number of nitrogens with zero attached hydrogens (tertiary/aromatic N) is 3. The van der Waals surface area contributed by atoms with Gasteiger partial charge in [0.15, 0.2) is 0 Å². The molecule has 7 nitrogen and oxygen atoms in total. The molecule has 2 aromatic carbocycles. The third-order valence-corrected chi connectivity index (χ3v) is 4.24. The molecule has 140 valence electrons. The number of amides is 2. The van der Waals surface area contributed by atoms with Crippen molar-refractivity contribution in [1.29, 1.82) is 0 Å². The fraction of sp³-hybridized carbons (Fsp3) is 0.250. The molecule has 1 aromatic heterocycles. The van der Waals surface area contributed by atoms with Crippen LogP contribution >= 0.6 is 0 Å². The Bertz CT molecular complexity index is 977. The van der Waals surface area contributed by atoms with Crippen molar-refractivity contribution in [3.63, 3.8) is 0 Å². The van der Waals surface area contributed by atoms with Crippen LogP contribution in [0.1, 0.15) is 25.5 Å². The summed E-state index contributed by atoms with van der Waals surface area (Å²) in [5.41, 5.74) is 2.26. The van der Waals surface area contributed by atoms with Gasteiger partial charge < -0.3 is 15.3 Å². The summed E-state index contributed by atoms with van der Waals surface area (Å²) in [4.78, 5) is 26.0. The Kier molecular flexibility index (Phi) is 5.12. The predicted octanol–water partition coefficient (Wildman–Crippen LogP) is 2.92. The second-order valence-electron chi connectivity index (χ2n) is 6.74. The van der Waals surface area contributed by atoms with Crippen LogP contribution in [0, 0.1) is 0 Å². The van der Waals surface area contributed by atoms with E-state index in [9.17, 15) is 14.7 Å². The van der Waals surface area contributed by atoms with Gasteiger partial charge in [0.05, 0.1) is 11.7 Å². The van der Waals surface area contributed by atoms with Crippen molar-refractivity contribution < 1.29 is 14.7 Å². The molecular formula is C20H22N4O3. The number of benzene rings is 2. The highest BCUT2D eigenvalue weighted by Gasteiger charge is 2.19. The molecule has 0 unspecified atom stereocenters. The number of phenolic OH excluding ortho intramolecular Hbond substituents is 1. The van der Waals surface area contributed by atoms with Crippen LogP contribution in [-0.4, -0.2) is 38.6 Å². The molecule has 3 aromatic rings. The number of nitrogens with one attached hydrogen (secondary N) is 1. The topological polar surface area (TPSA) is 87.5 Å². The van der Waals surface area contributed by atoms with Crippen molar-refractivity contribution >= 4 is 28.4 Å². The van der Waals surface area contributed by atoms with E-state index in [-0.39, 0.29) is 18.3 Å². The van der Waals surface area contributed by atoms with Gasteiger partial charge in [-0.25, -0.2) is 0 Å². The lowest BCUT2D eigenvalue weighted by Crippen LogP contribution is -2.36. The Morgan fingerprint density at radius 1 is 1.19 bits per heavy atom. The summed E-state index contributed by atoms with van der Waals surface area (Å²) >= 11 is 0. The van der Waals surface area contributed by atoms with Crippen LogP contribution in [-0.2, 0) is 16.1 Å². The Labute approximate surface area is 157 Å². The molecule has 0 fully saturated rings. The van der Waals surface area contributed by atoms with Crippen LogP contribution in [0.2, 0.25) is 0 Å². The summed E-state index contributed by atoms with van der Waals surface area (Å²) in [6.45, 7) is 4.32. The van der Waals surface area contributed by atoms with Gasteiger partial charge in [0.1, 0.15) is 5.75 Å². The Hall–Kier alpha value is -3.35. The number of carbonyl (C=O) groups excluding carboxylic acids is 2. The van der Waals surface area contributed by atoms with E-state index in [2.05, 4.69) is 10.4 Å². The summed E-state index contributed by atoms with van der Waals surface area (Å²) < 4.78 is 1.86. The largest absolute Gasteiger partial charge is 0.508 e. The van der Waals surface area contributed by atoms with Crippen molar-refractivity contribution in [2.24, 2.45) is 0 Å². The molecule has 0 spiro atoms. The van der Waals surface area contributed by atoms with E-state index in [1.165, 1.54) is 4.90 Å². The van der Waals surface area contributed by atoms with Gasteiger partial charge in [0.2, 0.25) is 0 Å². The lowest BCUT2D eigenvalue weighted by Gasteiger charge is -2.17. The van der Waals surface area contributed by atoms with Gasteiger partial charge >= 0.3 is 11.8 Å². The molecule has 2 amide bonds. The number of aromatic nitrogens is 2. The van der Waals surface area contributed by atoms with Gasteiger partial charge in [0, 0.05) is 30.7 Å². The molecule has 0 aliphatic heterocycles. The maximum atomic E-state index is 12.4. The number of rotatable bonds is 4. The summed E-state index contributed by atoms with van der Waals surface area (Å²) in [5.74, 6) is -1.19. The van der Waals surface area contributed by atoms with Crippen LogP contribution in [0.25, 0.3) is 10.9 Å². The van der Waals surface area contributed by atoms with E-state index in [0.29, 0.717) is 5.69 Å². The number of hydrogen-bond donors (Lipinski definition) is 2. The molecule has 0 aliphatic carbocycles. The monoisotopic (exact) mass is 366 g/mol. The molecule has 3 rings (SSSR count). The van der Waals surface area contributed by atoms with E-state index < -0.39 is 11.8 Å². The first-order valence-electron chi connectivity index (χ1n) is 8.67. The normalized spacial score (nSPS) is 11.0. The Morgan fingerprint density at radius 2 is 1.89 bits per heavy atom. The average Bonchev–Trinajstić information content (AvgIpc) is 3.06. The summed E-state index contributed by atoms with van der Waals surface area (Å²) in [6, 6.07) is 12.1. The van der Waals surface area contributed by atoms with Crippen molar-refractivity contribution in [2.45, 2.75) is 26.4 Å². The third-order valence-electron chi connectivity index (χ3n) is 4.24. The minimum atomic E-state index is -0.703. The SMILES string of the molecule is CC(C)n1ncc2ccc(NC(=O)C(=O)N(C)Cc3ccc(O)cc3)cc21. The Morgan fingerprint density at radius 3 is 2.56 bits per heavy atom. The number of fused-ring (bicyclic) bond motifs is 1. The van der Waals surface area contributed by atoms with Gasteiger partial charge in [-0.1, -0.05) is 12.1 Å². The summed E-state index contributed by atoms with van der Waals surface area (Å²) in [7, 11) is 1.56. The van der Waals surface area contributed by atoms with Crippen molar-refractivity contribution in [3.05, 3.63) is 54.2 Å². The average molecular weight is 366 g/mol. The van der Waals surface area contributed by atoms with Crippen LogP contribution in [0.15, 0.2) is 48.7 Å². The molecule has 0 atom stereocenters. The fourth-order valence-electron chi connectivity index (χ4n) is 2.83. The van der Waals surface area contributed by atoms with E-state index in [1.54, 1.807) is 43.6 Å². The summed E-state index contributed by atoms with van der Waals surface area (Å²) in [5, 5.41) is 17.3. The first kappa shape index (κ1) is 18.4. The van der Waals surface area contributed by atoms with Gasteiger partial charge in [-0.2, -0.15) is 5.10 Å². The van der Waals surface area contributed by atoms with E-state index >= 15 is 0 Å². The molecule has 0 aliphatic rings. The first-order chi connectivity index (χ1) is 12.8.